The molecule has 0 radical (unpaired) electrons. The Bertz CT molecular complexity index is 654. The monoisotopic (exact) mass is 375 g/mol. The Balaban J connectivity index is 2.49. The van der Waals surface area contributed by atoms with Crippen molar-refractivity contribution in [3.8, 4) is 0 Å². The van der Waals surface area contributed by atoms with Crippen molar-refractivity contribution in [1.29, 1.82) is 0 Å². The molecule has 0 atom stereocenters. The molecule has 2 rings (SSSR count). The Morgan fingerprint density at radius 3 is 2.94 bits per heavy atom. The summed E-state index contributed by atoms with van der Waals surface area (Å²) in [6.45, 7) is 2.17. The highest BCUT2D eigenvalue weighted by atomic mass is 127. The fourth-order valence-electron chi connectivity index (χ4n) is 1.62. The van der Waals surface area contributed by atoms with Gasteiger partial charge in [-0.1, -0.05) is 11.6 Å². The second-order valence-corrected chi connectivity index (χ2v) is 5.49. The number of hydrogen-bond donors (Lipinski definition) is 1. The number of nitrogens with zero attached hydrogens (tertiary/aromatic N) is 2. The second-order valence-electron chi connectivity index (χ2n) is 3.89. The van der Waals surface area contributed by atoms with E-state index in [0.29, 0.717) is 26.6 Å². The fourth-order valence-corrected chi connectivity index (χ4v) is 2.24. The van der Waals surface area contributed by atoms with E-state index in [1.807, 2.05) is 22.6 Å². The van der Waals surface area contributed by atoms with Gasteiger partial charge in [0.25, 0.3) is 5.56 Å². The van der Waals surface area contributed by atoms with Crippen molar-refractivity contribution < 1.29 is 0 Å². The molecule has 0 unspecified atom stereocenters. The van der Waals surface area contributed by atoms with Gasteiger partial charge in [-0.05, 0) is 53.3 Å². The van der Waals surface area contributed by atoms with Gasteiger partial charge in [0, 0.05) is 16.9 Å². The van der Waals surface area contributed by atoms with Crippen LogP contribution in [0.4, 0.5) is 5.69 Å². The van der Waals surface area contributed by atoms with Gasteiger partial charge < -0.3 is 5.73 Å². The molecule has 2 N–H and O–H groups in total. The Labute approximate surface area is 123 Å². The zero-order chi connectivity index (χ0) is 13.3. The standard InChI is InChI=1S/C12H11ClIN3O/c1-7-16-5-10(14)12(18)17(7)6-8-4-9(13)2-3-11(8)15/h2-5H,6,15H2,1H3. The Hall–Kier alpha value is -1.08. The van der Waals surface area contributed by atoms with Gasteiger partial charge in [-0.2, -0.15) is 0 Å². The minimum atomic E-state index is -0.0672. The zero-order valence-electron chi connectivity index (χ0n) is 9.65. The highest BCUT2D eigenvalue weighted by Crippen LogP contribution is 2.18. The molecule has 4 nitrogen and oxygen atoms in total. The van der Waals surface area contributed by atoms with Crippen LogP contribution in [-0.2, 0) is 6.54 Å². The lowest BCUT2D eigenvalue weighted by Gasteiger charge is -2.11. The maximum atomic E-state index is 12.0. The zero-order valence-corrected chi connectivity index (χ0v) is 12.6. The number of anilines is 1. The van der Waals surface area contributed by atoms with Crippen LogP contribution < -0.4 is 11.3 Å². The molecule has 0 aliphatic carbocycles. The van der Waals surface area contributed by atoms with Crippen LogP contribution >= 0.6 is 34.2 Å². The van der Waals surface area contributed by atoms with E-state index in [4.69, 9.17) is 17.3 Å². The molecule has 0 saturated carbocycles. The molecular weight excluding hydrogens is 365 g/mol. The molecule has 0 bridgehead atoms. The van der Waals surface area contributed by atoms with E-state index in [9.17, 15) is 4.79 Å². The summed E-state index contributed by atoms with van der Waals surface area (Å²) in [5.74, 6) is 0.653. The fraction of sp³-hybridized carbons (Fsp3) is 0.167. The van der Waals surface area contributed by atoms with E-state index in [1.165, 1.54) is 0 Å². The van der Waals surface area contributed by atoms with Crippen molar-refractivity contribution in [1.82, 2.24) is 9.55 Å². The predicted octanol–water partition coefficient (Wildman–Crippen LogP) is 2.44. The van der Waals surface area contributed by atoms with E-state index >= 15 is 0 Å². The van der Waals surface area contributed by atoms with Crippen LogP contribution in [-0.4, -0.2) is 9.55 Å². The number of benzene rings is 1. The van der Waals surface area contributed by atoms with Crippen LogP contribution in [0.25, 0.3) is 0 Å². The topological polar surface area (TPSA) is 60.9 Å². The lowest BCUT2D eigenvalue weighted by molar-refractivity contribution is 0.696. The second kappa shape index (κ2) is 5.27. The lowest BCUT2D eigenvalue weighted by Crippen LogP contribution is -2.26. The number of nitrogen functional groups attached to an aromatic ring is 1. The summed E-state index contributed by atoms with van der Waals surface area (Å²) in [4.78, 5) is 16.2. The third-order valence-electron chi connectivity index (χ3n) is 2.64. The van der Waals surface area contributed by atoms with Crippen LogP contribution in [0.2, 0.25) is 5.02 Å². The molecule has 0 amide bonds. The van der Waals surface area contributed by atoms with Gasteiger partial charge in [-0.3, -0.25) is 9.36 Å². The first-order valence-corrected chi connectivity index (χ1v) is 6.70. The van der Waals surface area contributed by atoms with Crippen molar-refractivity contribution >= 4 is 39.9 Å². The summed E-state index contributed by atoms with van der Waals surface area (Å²) < 4.78 is 2.17. The van der Waals surface area contributed by atoms with E-state index < -0.39 is 0 Å². The molecule has 2 aromatic rings. The normalized spacial score (nSPS) is 10.6. The maximum Gasteiger partial charge on any atom is 0.267 e. The lowest BCUT2D eigenvalue weighted by atomic mass is 10.2. The van der Waals surface area contributed by atoms with Crippen molar-refractivity contribution in [2.24, 2.45) is 0 Å². The first-order valence-electron chi connectivity index (χ1n) is 5.25. The summed E-state index contributed by atoms with van der Waals surface area (Å²) in [7, 11) is 0. The number of hydrogen-bond acceptors (Lipinski definition) is 3. The molecule has 0 fully saturated rings. The van der Waals surface area contributed by atoms with Gasteiger partial charge in [0.15, 0.2) is 0 Å². The largest absolute Gasteiger partial charge is 0.398 e. The SMILES string of the molecule is Cc1ncc(I)c(=O)n1Cc1cc(Cl)ccc1N. The Morgan fingerprint density at radius 2 is 2.22 bits per heavy atom. The van der Waals surface area contributed by atoms with Crippen molar-refractivity contribution in [3.63, 3.8) is 0 Å². The molecule has 1 heterocycles. The smallest absolute Gasteiger partial charge is 0.267 e. The minimum Gasteiger partial charge on any atom is -0.398 e. The first kappa shape index (κ1) is 13.4. The van der Waals surface area contributed by atoms with Crippen molar-refractivity contribution in [2.45, 2.75) is 13.5 Å². The summed E-state index contributed by atoms with van der Waals surface area (Å²) >= 11 is 7.91. The summed E-state index contributed by atoms with van der Waals surface area (Å²) in [5, 5.41) is 0.600. The van der Waals surface area contributed by atoms with Crippen molar-refractivity contribution in [3.05, 3.63) is 54.7 Å². The molecule has 0 spiro atoms. The number of aromatic nitrogens is 2. The number of rotatable bonds is 2. The number of aryl methyl sites for hydroxylation is 1. The van der Waals surface area contributed by atoms with Crippen molar-refractivity contribution in [2.75, 3.05) is 5.73 Å². The van der Waals surface area contributed by atoms with Gasteiger partial charge >= 0.3 is 0 Å². The van der Waals surface area contributed by atoms with Crippen LogP contribution in [0, 0.1) is 10.5 Å². The third-order valence-corrected chi connectivity index (χ3v) is 3.61. The van der Waals surface area contributed by atoms with E-state index in [0.717, 1.165) is 5.56 Å². The van der Waals surface area contributed by atoms with Gasteiger partial charge in [-0.25, -0.2) is 4.98 Å². The molecule has 1 aromatic heterocycles. The quantitative estimate of drug-likeness (QED) is 0.648. The average Bonchev–Trinajstić information content (AvgIpc) is 2.34. The average molecular weight is 376 g/mol. The minimum absolute atomic E-state index is 0.0672. The van der Waals surface area contributed by atoms with Gasteiger partial charge in [0.2, 0.25) is 0 Å². The predicted molar refractivity (Wildman–Crippen MR) is 80.9 cm³/mol. The molecule has 6 heteroatoms. The third kappa shape index (κ3) is 2.67. The molecule has 0 aliphatic heterocycles. The van der Waals surface area contributed by atoms with E-state index in [2.05, 4.69) is 4.98 Å². The van der Waals surface area contributed by atoms with Gasteiger partial charge in [-0.15, -0.1) is 0 Å². The number of nitrogens with two attached hydrogens (primary N) is 1. The molecular formula is C12H11ClIN3O. The molecule has 94 valence electrons. The van der Waals surface area contributed by atoms with E-state index in [-0.39, 0.29) is 5.56 Å². The first-order chi connectivity index (χ1) is 8.49. The molecule has 1 aromatic carbocycles. The highest BCUT2D eigenvalue weighted by Gasteiger charge is 2.08. The highest BCUT2D eigenvalue weighted by molar-refractivity contribution is 14.1. The van der Waals surface area contributed by atoms with Crippen LogP contribution in [0.1, 0.15) is 11.4 Å². The van der Waals surface area contributed by atoms with E-state index in [1.54, 1.807) is 35.9 Å². The van der Waals surface area contributed by atoms with Gasteiger partial charge in [0.05, 0.1) is 10.1 Å². The maximum absolute atomic E-state index is 12.0. The summed E-state index contributed by atoms with van der Waals surface area (Å²) in [6.07, 6.45) is 1.57. The summed E-state index contributed by atoms with van der Waals surface area (Å²) in [6, 6.07) is 5.23. The van der Waals surface area contributed by atoms with Gasteiger partial charge in [0.1, 0.15) is 5.82 Å². The van der Waals surface area contributed by atoms with Crippen LogP contribution in [0.15, 0.2) is 29.2 Å². The molecule has 18 heavy (non-hydrogen) atoms. The Kier molecular flexibility index (Phi) is 3.91. The number of halogens is 2. The molecule has 0 saturated heterocycles. The Morgan fingerprint density at radius 1 is 1.50 bits per heavy atom. The van der Waals surface area contributed by atoms with Crippen LogP contribution in [0.3, 0.4) is 0 Å². The summed E-state index contributed by atoms with van der Waals surface area (Å²) in [5.41, 5.74) is 7.24. The molecule has 0 aliphatic rings. The van der Waals surface area contributed by atoms with Crippen LogP contribution in [0.5, 0.6) is 0 Å².